The van der Waals surface area contributed by atoms with Crippen molar-refractivity contribution in [3.63, 3.8) is 0 Å². The molecule has 1 heterocycles. The van der Waals surface area contributed by atoms with Crippen LogP contribution in [0.5, 0.6) is 0 Å². The van der Waals surface area contributed by atoms with E-state index < -0.39 is 20.1 Å². The maximum absolute atomic E-state index is 12.9. The molecule has 0 aliphatic carbocycles. The summed E-state index contributed by atoms with van der Waals surface area (Å²) in [6, 6.07) is 30.1. The molecular formula is C29H29N3O5S2. The largest absolute Gasteiger partial charge is 0.744 e. The number of anilines is 1. The molecule has 39 heavy (non-hydrogen) atoms. The summed E-state index contributed by atoms with van der Waals surface area (Å²) in [5, 5.41) is 0. The lowest BCUT2D eigenvalue weighted by atomic mass is 10.2. The maximum Gasteiger partial charge on any atom is 0.262 e. The first-order valence-electron chi connectivity index (χ1n) is 12.2. The Kier molecular flexibility index (Phi) is 8.19. The first-order chi connectivity index (χ1) is 18.5. The Bertz CT molecular complexity index is 1800. The number of imidazole rings is 1. The topological polar surface area (TPSA) is 112 Å². The molecule has 0 unspecified atom stereocenters. The molecule has 5 aromatic rings. The van der Waals surface area contributed by atoms with Crippen molar-refractivity contribution >= 4 is 36.9 Å². The average molecular weight is 564 g/mol. The maximum atomic E-state index is 12.9. The van der Waals surface area contributed by atoms with Crippen LogP contribution in [-0.2, 0) is 26.7 Å². The van der Waals surface area contributed by atoms with Crippen LogP contribution in [0.1, 0.15) is 18.3 Å². The van der Waals surface area contributed by atoms with Crippen LogP contribution in [0.2, 0.25) is 0 Å². The van der Waals surface area contributed by atoms with Gasteiger partial charge in [-0.05, 0) is 62.4 Å². The lowest BCUT2D eigenvalue weighted by Crippen LogP contribution is -2.35. The molecule has 10 heteroatoms. The number of nitrogens with one attached hydrogen (secondary N) is 1. The van der Waals surface area contributed by atoms with Crippen LogP contribution in [-0.4, -0.2) is 26.0 Å². The van der Waals surface area contributed by atoms with Crippen LogP contribution in [0.4, 0.5) is 5.69 Å². The summed E-state index contributed by atoms with van der Waals surface area (Å²) in [4.78, 5) is 0.0689. The first kappa shape index (κ1) is 28.0. The lowest BCUT2D eigenvalue weighted by molar-refractivity contribution is -0.674. The van der Waals surface area contributed by atoms with Crippen molar-refractivity contribution in [2.24, 2.45) is 0 Å². The normalized spacial score (nSPS) is 11.6. The molecule has 0 aliphatic rings. The number of para-hydroxylation sites is 2. The van der Waals surface area contributed by atoms with Crippen molar-refractivity contribution in [3.05, 3.63) is 115 Å². The highest BCUT2D eigenvalue weighted by atomic mass is 32.2. The summed E-state index contributed by atoms with van der Waals surface area (Å²) in [6.07, 6.45) is 0. The fourth-order valence-electron chi connectivity index (χ4n) is 4.27. The highest BCUT2D eigenvalue weighted by Gasteiger charge is 2.25. The monoisotopic (exact) mass is 563 g/mol. The van der Waals surface area contributed by atoms with Gasteiger partial charge in [0.1, 0.15) is 15.8 Å². The predicted molar refractivity (Wildman–Crippen MR) is 150 cm³/mol. The SMILES string of the molecule is CC[n+]1c(C)n(-c2ccccc2)c2ccc(S(=O)(=O)Nc3ccccc3)cc21.Cc1ccc(S(=O)(=O)[O-])cc1. The molecule has 0 atom stereocenters. The minimum atomic E-state index is -4.27. The smallest absolute Gasteiger partial charge is 0.262 e. The molecule has 0 aliphatic heterocycles. The number of hydrogen-bond acceptors (Lipinski definition) is 5. The number of sulfonamides is 1. The van der Waals surface area contributed by atoms with Gasteiger partial charge in [0.25, 0.3) is 15.8 Å². The van der Waals surface area contributed by atoms with Gasteiger partial charge in [-0.25, -0.2) is 21.4 Å². The third-order valence-electron chi connectivity index (χ3n) is 6.17. The summed E-state index contributed by atoms with van der Waals surface area (Å²) in [5.74, 6) is 1.05. The van der Waals surface area contributed by atoms with Gasteiger partial charge in [-0.2, -0.15) is 4.57 Å². The number of aryl methyl sites for hydroxylation is 2. The van der Waals surface area contributed by atoms with E-state index in [1.807, 2.05) is 56.3 Å². The highest BCUT2D eigenvalue weighted by molar-refractivity contribution is 7.92. The van der Waals surface area contributed by atoms with E-state index in [0.29, 0.717) is 5.69 Å². The standard InChI is InChI=1S/C22H22N3O2S.C7H8O3S/c1-3-24-17(2)25(19-12-8-5-9-13-19)21-15-14-20(16-22(21)24)28(26,27)23-18-10-6-4-7-11-18;1-6-2-4-7(5-3-6)11(8,9)10/h4-16,23H,3H2,1-2H3;2-5H,1H3,(H,8,9,10)/q+1;/p-1. The predicted octanol–water partition coefficient (Wildman–Crippen LogP) is 4.95. The van der Waals surface area contributed by atoms with Gasteiger partial charge >= 0.3 is 0 Å². The third kappa shape index (κ3) is 6.36. The van der Waals surface area contributed by atoms with Crippen molar-refractivity contribution in [2.45, 2.75) is 37.1 Å². The summed E-state index contributed by atoms with van der Waals surface area (Å²) < 4.78 is 63.9. The van der Waals surface area contributed by atoms with Gasteiger partial charge in [-0.3, -0.25) is 4.72 Å². The van der Waals surface area contributed by atoms with Crippen molar-refractivity contribution in [1.29, 1.82) is 0 Å². The van der Waals surface area contributed by atoms with Gasteiger partial charge in [-0.1, -0.05) is 54.1 Å². The lowest BCUT2D eigenvalue weighted by Gasteiger charge is -2.07. The zero-order valence-electron chi connectivity index (χ0n) is 21.8. The van der Waals surface area contributed by atoms with E-state index >= 15 is 0 Å². The van der Waals surface area contributed by atoms with Gasteiger partial charge in [0.15, 0.2) is 11.0 Å². The van der Waals surface area contributed by atoms with E-state index in [0.717, 1.165) is 34.7 Å². The van der Waals surface area contributed by atoms with E-state index in [2.05, 4.69) is 20.8 Å². The number of hydrogen-bond donors (Lipinski definition) is 1. The Morgan fingerprint density at radius 2 is 1.33 bits per heavy atom. The van der Waals surface area contributed by atoms with E-state index in [4.69, 9.17) is 0 Å². The number of benzene rings is 4. The second-order valence-corrected chi connectivity index (χ2v) is 11.9. The van der Waals surface area contributed by atoms with Gasteiger partial charge in [-0.15, -0.1) is 0 Å². The summed E-state index contributed by atoms with van der Waals surface area (Å²) >= 11 is 0. The fraction of sp³-hybridized carbons (Fsp3) is 0.138. The summed E-state index contributed by atoms with van der Waals surface area (Å²) in [7, 11) is -7.94. The molecule has 8 nitrogen and oxygen atoms in total. The Morgan fingerprint density at radius 1 is 0.769 bits per heavy atom. The average Bonchev–Trinajstić information content (AvgIpc) is 3.19. The molecule has 202 valence electrons. The molecule has 0 saturated carbocycles. The molecule has 0 spiro atoms. The summed E-state index contributed by atoms with van der Waals surface area (Å²) in [6.45, 7) is 6.68. The highest BCUT2D eigenvalue weighted by Crippen LogP contribution is 2.24. The second kappa shape index (κ2) is 11.4. The number of fused-ring (bicyclic) bond motifs is 1. The summed E-state index contributed by atoms with van der Waals surface area (Å²) in [5.41, 5.74) is 4.39. The van der Waals surface area contributed by atoms with Gasteiger partial charge < -0.3 is 4.55 Å². The molecule has 1 N–H and O–H groups in total. The second-order valence-electron chi connectivity index (χ2n) is 8.85. The Hall–Kier alpha value is -3.99. The molecule has 0 amide bonds. The van der Waals surface area contributed by atoms with Gasteiger partial charge in [0.05, 0.1) is 16.3 Å². The molecule has 0 fully saturated rings. The van der Waals surface area contributed by atoms with Gasteiger partial charge in [0, 0.05) is 18.7 Å². The Labute approximate surface area is 229 Å². The zero-order chi connectivity index (χ0) is 28.2. The van der Waals surface area contributed by atoms with Crippen LogP contribution < -0.4 is 9.29 Å². The zero-order valence-corrected chi connectivity index (χ0v) is 23.4. The van der Waals surface area contributed by atoms with Crippen molar-refractivity contribution in [2.75, 3.05) is 4.72 Å². The van der Waals surface area contributed by atoms with Crippen LogP contribution in [0, 0.1) is 13.8 Å². The van der Waals surface area contributed by atoms with Gasteiger partial charge in [0.2, 0.25) is 0 Å². The molecular weight excluding hydrogens is 534 g/mol. The van der Waals surface area contributed by atoms with E-state index in [9.17, 15) is 21.4 Å². The minimum Gasteiger partial charge on any atom is -0.744 e. The molecule has 0 bridgehead atoms. The third-order valence-corrected chi connectivity index (χ3v) is 8.40. The van der Waals surface area contributed by atoms with E-state index in [1.54, 1.807) is 48.5 Å². The van der Waals surface area contributed by atoms with E-state index in [1.165, 1.54) is 12.1 Å². The van der Waals surface area contributed by atoms with Crippen molar-refractivity contribution < 1.29 is 26.0 Å². The number of rotatable bonds is 6. The Balaban J connectivity index is 0.000000270. The number of nitrogens with zero attached hydrogens (tertiary/aromatic N) is 2. The van der Waals surface area contributed by atoms with Crippen LogP contribution in [0.15, 0.2) is 113 Å². The quantitative estimate of drug-likeness (QED) is 0.232. The Morgan fingerprint density at radius 3 is 1.90 bits per heavy atom. The molecule has 0 saturated heterocycles. The minimum absolute atomic E-state index is 0.178. The van der Waals surface area contributed by atoms with Crippen LogP contribution in [0.3, 0.4) is 0 Å². The van der Waals surface area contributed by atoms with Crippen molar-refractivity contribution in [1.82, 2.24) is 4.57 Å². The van der Waals surface area contributed by atoms with Crippen LogP contribution in [0.25, 0.3) is 16.7 Å². The molecule has 4 aromatic carbocycles. The fourth-order valence-corrected chi connectivity index (χ4v) is 5.82. The molecule has 1 aromatic heterocycles. The first-order valence-corrected chi connectivity index (χ1v) is 15.1. The molecule has 5 rings (SSSR count). The van der Waals surface area contributed by atoms with E-state index in [-0.39, 0.29) is 9.79 Å². The van der Waals surface area contributed by atoms with Crippen molar-refractivity contribution in [3.8, 4) is 5.69 Å². The van der Waals surface area contributed by atoms with Crippen LogP contribution >= 0.6 is 0 Å². The number of aromatic nitrogens is 2. The molecule has 0 radical (unpaired) electrons.